The van der Waals surface area contributed by atoms with Crippen molar-refractivity contribution in [3.63, 3.8) is 0 Å². The summed E-state index contributed by atoms with van der Waals surface area (Å²) in [5.41, 5.74) is 9.00. The van der Waals surface area contributed by atoms with Crippen LogP contribution in [0, 0.1) is 0 Å². The van der Waals surface area contributed by atoms with Crippen molar-refractivity contribution >= 4 is 16.6 Å². The second kappa shape index (κ2) is 3.74. The fourth-order valence-electron chi connectivity index (χ4n) is 1.71. The number of H-pyrrole nitrogens is 1. The number of aromatic nitrogens is 1. The first-order chi connectivity index (χ1) is 6.79. The lowest BCUT2D eigenvalue weighted by Gasteiger charge is -1.93. The Morgan fingerprint density at radius 3 is 2.93 bits per heavy atom. The molecule has 0 atom stereocenters. The van der Waals surface area contributed by atoms with Crippen LogP contribution in [0.1, 0.15) is 25.5 Å². The minimum absolute atomic E-state index is 0.821. The number of nitrogen functional groups attached to an aromatic ring is 1. The van der Waals surface area contributed by atoms with Gasteiger partial charge in [-0.3, -0.25) is 0 Å². The monoisotopic (exact) mass is 188 g/mol. The predicted octanol–water partition coefficient (Wildman–Crippen LogP) is 3.09. The van der Waals surface area contributed by atoms with Gasteiger partial charge in [0.2, 0.25) is 0 Å². The van der Waals surface area contributed by atoms with Crippen molar-refractivity contribution in [1.29, 1.82) is 0 Å². The third kappa shape index (κ3) is 1.74. The molecular weight excluding hydrogens is 172 g/mol. The third-order valence-electron chi connectivity index (χ3n) is 2.50. The largest absolute Gasteiger partial charge is 0.399 e. The van der Waals surface area contributed by atoms with E-state index in [4.69, 9.17) is 5.73 Å². The summed E-state index contributed by atoms with van der Waals surface area (Å²) in [6, 6.07) is 8.21. The average molecular weight is 188 g/mol. The number of hydrogen-bond donors (Lipinski definition) is 2. The highest BCUT2D eigenvalue weighted by Crippen LogP contribution is 2.19. The van der Waals surface area contributed by atoms with Crippen LogP contribution >= 0.6 is 0 Å². The van der Waals surface area contributed by atoms with Gasteiger partial charge < -0.3 is 10.7 Å². The molecule has 0 saturated heterocycles. The number of benzene rings is 1. The molecule has 1 aromatic carbocycles. The molecule has 1 aromatic heterocycles. The zero-order valence-electron chi connectivity index (χ0n) is 8.51. The van der Waals surface area contributed by atoms with Crippen molar-refractivity contribution in [2.45, 2.75) is 26.2 Å². The second-order valence-electron chi connectivity index (χ2n) is 3.74. The number of aryl methyl sites for hydroxylation is 1. The maximum Gasteiger partial charge on any atom is 0.0476 e. The van der Waals surface area contributed by atoms with Crippen molar-refractivity contribution in [1.82, 2.24) is 4.98 Å². The Balaban J connectivity index is 2.32. The minimum Gasteiger partial charge on any atom is -0.399 e. The van der Waals surface area contributed by atoms with Crippen LogP contribution < -0.4 is 5.73 Å². The molecule has 0 radical (unpaired) electrons. The van der Waals surface area contributed by atoms with Crippen LogP contribution in [0.25, 0.3) is 10.9 Å². The topological polar surface area (TPSA) is 41.8 Å². The second-order valence-corrected chi connectivity index (χ2v) is 3.74. The number of anilines is 1. The molecule has 0 spiro atoms. The molecule has 0 saturated carbocycles. The van der Waals surface area contributed by atoms with E-state index in [2.05, 4.69) is 24.0 Å². The van der Waals surface area contributed by atoms with Crippen LogP contribution in [0.3, 0.4) is 0 Å². The van der Waals surface area contributed by atoms with E-state index in [0.717, 1.165) is 17.6 Å². The maximum atomic E-state index is 5.71. The standard InChI is InChI=1S/C12H16N2/c1-2-3-4-11-7-9-5-6-10(13)8-12(9)14-11/h5-8,14H,2-4,13H2,1H3. The van der Waals surface area contributed by atoms with E-state index in [1.807, 2.05) is 12.1 Å². The summed E-state index contributed by atoms with van der Waals surface area (Å²) in [6.07, 6.45) is 3.60. The quantitative estimate of drug-likeness (QED) is 0.714. The van der Waals surface area contributed by atoms with Crippen molar-refractivity contribution in [3.05, 3.63) is 30.0 Å². The van der Waals surface area contributed by atoms with Gasteiger partial charge in [-0.25, -0.2) is 0 Å². The SMILES string of the molecule is CCCCc1cc2ccc(N)cc2[nH]1. The van der Waals surface area contributed by atoms with Crippen molar-refractivity contribution in [2.75, 3.05) is 5.73 Å². The van der Waals surface area contributed by atoms with Crippen molar-refractivity contribution in [3.8, 4) is 0 Å². The molecular formula is C12H16N2. The van der Waals surface area contributed by atoms with Gasteiger partial charge in [-0.15, -0.1) is 0 Å². The van der Waals surface area contributed by atoms with E-state index < -0.39 is 0 Å². The molecule has 0 fully saturated rings. The number of rotatable bonds is 3. The molecule has 14 heavy (non-hydrogen) atoms. The molecule has 0 bridgehead atoms. The number of unbranched alkanes of at least 4 members (excludes halogenated alkanes) is 1. The van der Waals surface area contributed by atoms with Gasteiger partial charge in [-0.1, -0.05) is 19.4 Å². The highest BCUT2D eigenvalue weighted by molar-refractivity contribution is 5.83. The summed E-state index contributed by atoms with van der Waals surface area (Å²) < 4.78 is 0. The maximum absolute atomic E-state index is 5.71. The van der Waals surface area contributed by atoms with Crippen LogP contribution in [0.2, 0.25) is 0 Å². The highest BCUT2D eigenvalue weighted by Gasteiger charge is 2.00. The Labute approximate surface area is 84.1 Å². The van der Waals surface area contributed by atoms with Crippen LogP contribution in [0.15, 0.2) is 24.3 Å². The predicted molar refractivity (Wildman–Crippen MR) is 61.3 cm³/mol. The van der Waals surface area contributed by atoms with E-state index >= 15 is 0 Å². The van der Waals surface area contributed by atoms with Crippen LogP contribution in [-0.2, 0) is 6.42 Å². The van der Waals surface area contributed by atoms with Crippen LogP contribution in [-0.4, -0.2) is 4.98 Å². The Morgan fingerprint density at radius 1 is 1.29 bits per heavy atom. The smallest absolute Gasteiger partial charge is 0.0476 e. The van der Waals surface area contributed by atoms with Gasteiger partial charge in [-0.05, 0) is 36.4 Å². The molecule has 0 aliphatic carbocycles. The molecule has 0 aliphatic heterocycles. The van der Waals surface area contributed by atoms with Gasteiger partial charge in [-0.2, -0.15) is 0 Å². The first kappa shape index (κ1) is 9.13. The van der Waals surface area contributed by atoms with E-state index in [1.165, 1.54) is 23.9 Å². The summed E-state index contributed by atoms with van der Waals surface area (Å²) in [7, 11) is 0. The summed E-state index contributed by atoms with van der Waals surface area (Å²) in [6.45, 7) is 2.21. The number of nitrogens with two attached hydrogens (primary N) is 1. The lowest BCUT2D eigenvalue weighted by Crippen LogP contribution is -1.84. The fraction of sp³-hybridized carbons (Fsp3) is 0.333. The van der Waals surface area contributed by atoms with Crippen LogP contribution in [0.5, 0.6) is 0 Å². The molecule has 74 valence electrons. The van der Waals surface area contributed by atoms with E-state index in [1.54, 1.807) is 0 Å². The van der Waals surface area contributed by atoms with Gasteiger partial charge in [0.1, 0.15) is 0 Å². The summed E-state index contributed by atoms with van der Waals surface area (Å²) in [5, 5.41) is 1.25. The molecule has 1 heterocycles. The zero-order chi connectivity index (χ0) is 9.97. The van der Waals surface area contributed by atoms with Gasteiger partial charge in [0.25, 0.3) is 0 Å². The lowest BCUT2D eigenvalue weighted by atomic mass is 10.2. The first-order valence-corrected chi connectivity index (χ1v) is 5.16. The van der Waals surface area contributed by atoms with Crippen LogP contribution in [0.4, 0.5) is 5.69 Å². The third-order valence-corrected chi connectivity index (χ3v) is 2.50. The minimum atomic E-state index is 0.821. The first-order valence-electron chi connectivity index (χ1n) is 5.16. The van der Waals surface area contributed by atoms with Gasteiger partial charge in [0, 0.05) is 16.9 Å². The Bertz CT molecular complexity index is 429. The van der Waals surface area contributed by atoms with Gasteiger partial charge in [0.05, 0.1) is 0 Å². The van der Waals surface area contributed by atoms with Crippen molar-refractivity contribution in [2.24, 2.45) is 0 Å². The van der Waals surface area contributed by atoms with Gasteiger partial charge in [0.15, 0.2) is 0 Å². The number of aromatic amines is 1. The summed E-state index contributed by atoms with van der Waals surface area (Å²) in [5.74, 6) is 0. The lowest BCUT2D eigenvalue weighted by molar-refractivity contribution is 0.782. The number of nitrogens with one attached hydrogen (secondary N) is 1. The normalized spacial score (nSPS) is 10.9. The molecule has 3 N–H and O–H groups in total. The molecule has 0 aliphatic rings. The Hall–Kier alpha value is -1.44. The van der Waals surface area contributed by atoms with E-state index in [9.17, 15) is 0 Å². The van der Waals surface area contributed by atoms with Gasteiger partial charge >= 0.3 is 0 Å². The Morgan fingerprint density at radius 2 is 2.14 bits per heavy atom. The summed E-state index contributed by atoms with van der Waals surface area (Å²) >= 11 is 0. The highest BCUT2D eigenvalue weighted by atomic mass is 14.7. The number of fused-ring (bicyclic) bond motifs is 1. The average Bonchev–Trinajstić information content (AvgIpc) is 2.56. The van der Waals surface area contributed by atoms with Crippen molar-refractivity contribution < 1.29 is 0 Å². The molecule has 0 amide bonds. The molecule has 0 unspecified atom stereocenters. The molecule has 2 aromatic rings. The van der Waals surface area contributed by atoms with E-state index in [-0.39, 0.29) is 0 Å². The molecule has 2 rings (SSSR count). The van der Waals surface area contributed by atoms with E-state index in [0.29, 0.717) is 0 Å². The molecule has 2 nitrogen and oxygen atoms in total. The molecule has 2 heteroatoms. The zero-order valence-corrected chi connectivity index (χ0v) is 8.51. The number of hydrogen-bond acceptors (Lipinski definition) is 1. The summed E-state index contributed by atoms with van der Waals surface area (Å²) in [4.78, 5) is 3.39. The Kier molecular flexibility index (Phi) is 2.44. The fourth-order valence-corrected chi connectivity index (χ4v) is 1.71.